The Morgan fingerprint density at radius 2 is 0.284 bits per heavy atom. The summed E-state index contributed by atoms with van der Waals surface area (Å²) in [7, 11) is 0. The molecule has 0 spiro atoms. The number of benzene rings is 8. The van der Waals surface area contributed by atoms with Gasteiger partial charge in [-0.25, -0.2) is 59.8 Å². The molecule has 16 nitrogen and oxygen atoms in total. The summed E-state index contributed by atoms with van der Waals surface area (Å²) in [5.41, 5.74) is 12.9. The Balaban J connectivity index is 0.000000132. The molecule has 4 N–H and O–H groups in total. The average molecular weight is 1070 g/mol. The molecule has 1 radical (unpaired) electrons. The average Bonchev–Trinajstić information content (AvgIpc) is 4.53. The van der Waals surface area contributed by atoms with E-state index in [4.69, 9.17) is 59.8 Å². The fourth-order valence-electron chi connectivity index (χ4n) is 11.2. The number of aromatic nitrogens is 16. The van der Waals surface area contributed by atoms with Gasteiger partial charge >= 0.3 is 0 Å². The van der Waals surface area contributed by atoms with Crippen molar-refractivity contribution in [3.05, 3.63) is 194 Å². The Kier molecular flexibility index (Phi) is 10.4. The Morgan fingerprint density at radius 3 is 0.420 bits per heavy atom. The molecule has 81 heavy (non-hydrogen) atoms. The zero-order valence-electron chi connectivity index (χ0n) is 42.4. The van der Waals surface area contributed by atoms with Crippen LogP contribution in [0.15, 0.2) is 194 Å². The molecule has 10 heterocycles. The summed E-state index contributed by atoms with van der Waals surface area (Å²) in [6, 6.07) is 64.5. The Labute approximate surface area is 476 Å². The second kappa shape index (κ2) is 18.2. The monoisotopic (exact) mass is 1070 g/mol. The van der Waals surface area contributed by atoms with Gasteiger partial charge in [0.05, 0.1) is 0 Å². The van der Waals surface area contributed by atoms with Crippen molar-refractivity contribution in [2.75, 3.05) is 0 Å². The predicted molar refractivity (Wildman–Crippen MR) is 312 cm³/mol. The maximum Gasteiger partial charge on any atom is 0.164 e. The standard InChI is InChI=1S/2C32H18N8.Sc/c2*1-2-10-18-17(9-1)25-33-26(18)38-28-21-13-5-6-14-22(21)30(35-28)40-32-24-16-8-7-15-23(24)31(36-32)39-29-20-12-4-3-11-19(20)27(34-29)37-25;/h2*1-16H,(H2,33,34,35,36,37,38,39,40);. The minimum atomic E-state index is 0. The summed E-state index contributed by atoms with van der Waals surface area (Å²) in [4.78, 5) is 73.5. The smallest absolute Gasteiger partial charge is 0.164 e. The number of rotatable bonds is 0. The molecule has 0 amide bonds. The van der Waals surface area contributed by atoms with Crippen molar-refractivity contribution in [3.8, 4) is 91.1 Å². The number of fused-ring (bicyclic) bond motifs is 40. The number of nitrogens with zero attached hydrogens (tertiary/aromatic N) is 12. The Bertz CT molecular complexity index is 4390. The van der Waals surface area contributed by atoms with Crippen LogP contribution in [0.3, 0.4) is 0 Å². The first-order valence-corrected chi connectivity index (χ1v) is 26.0. The van der Waals surface area contributed by atoms with Crippen LogP contribution in [0, 0.1) is 0 Å². The topological polar surface area (TPSA) is 218 Å². The third kappa shape index (κ3) is 7.46. The van der Waals surface area contributed by atoms with E-state index < -0.39 is 0 Å². The predicted octanol–water partition coefficient (Wildman–Crippen LogP) is 13.7. The third-order valence-corrected chi connectivity index (χ3v) is 14.9. The molecule has 375 valence electrons. The van der Waals surface area contributed by atoms with Crippen LogP contribution >= 0.6 is 0 Å². The quantitative estimate of drug-likeness (QED) is 0.111. The van der Waals surface area contributed by atoms with E-state index in [1.165, 1.54) is 0 Å². The van der Waals surface area contributed by atoms with Gasteiger partial charge in [0.2, 0.25) is 0 Å². The number of hydrogen-bond acceptors (Lipinski definition) is 12. The van der Waals surface area contributed by atoms with Crippen LogP contribution in [-0.2, 0) is 25.8 Å². The minimum absolute atomic E-state index is 0. The van der Waals surface area contributed by atoms with Crippen molar-refractivity contribution in [1.29, 1.82) is 0 Å². The van der Waals surface area contributed by atoms with Gasteiger partial charge in [-0.2, -0.15) is 0 Å². The van der Waals surface area contributed by atoms with E-state index in [1.807, 2.05) is 194 Å². The van der Waals surface area contributed by atoms with Gasteiger partial charge in [-0.1, -0.05) is 194 Å². The molecule has 0 saturated carbocycles. The van der Waals surface area contributed by atoms with Crippen LogP contribution < -0.4 is 0 Å². The number of H-pyrrole nitrogens is 4. The summed E-state index contributed by atoms with van der Waals surface area (Å²) in [6.07, 6.45) is 0. The van der Waals surface area contributed by atoms with Crippen LogP contribution in [0.2, 0.25) is 0 Å². The van der Waals surface area contributed by atoms with Gasteiger partial charge in [0.25, 0.3) is 0 Å². The third-order valence-electron chi connectivity index (χ3n) is 14.9. The fraction of sp³-hybridized carbons (Fsp3) is 0. The normalized spacial score (nSPS) is 11.9. The van der Waals surface area contributed by atoms with Crippen molar-refractivity contribution < 1.29 is 25.8 Å². The maximum atomic E-state index is 5.02. The first-order valence-electron chi connectivity index (χ1n) is 26.0. The van der Waals surface area contributed by atoms with Crippen LogP contribution in [0.4, 0.5) is 0 Å². The largest absolute Gasteiger partial charge is 0.324 e. The van der Waals surface area contributed by atoms with Crippen molar-refractivity contribution in [2.24, 2.45) is 0 Å². The molecule has 0 unspecified atom stereocenters. The van der Waals surface area contributed by atoms with Gasteiger partial charge in [0.15, 0.2) is 46.6 Å². The molecule has 0 atom stereocenters. The molecule has 0 fully saturated rings. The van der Waals surface area contributed by atoms with Crippen molar-refractivity contribution in [1.82, 2.24) is 79.7 Å². The number of hydrogen-bond donors (Lipinski definition) is 4. The zero-order chi connectivity index (χ0) is 52.4. The molecule has 14 aromatic rings. The molecule has 6 aromatic heterocycles. The van der Waals surface area contributed by atoms with E-state index in [-0.39, 0.29) is 25.8 Å². The van der Waals surface area contributed by atoms with Crippen LogP contribution in [0.25, 0.3) is 179 Å². The SMILES string of the molecule is [Sc].c1ccc2c(c1)-c1nc-2nc2[nH]c(nc3nc(nc4[nH]c(n1)c1ccccc41)-c1ccccc1-3)c1ccccc21.c1ccc2c(c1)-c1nc-2nc2[nH]c(nc3nc(nc4[nH]c(n1)c1ccccc41)-c1ccccc1-3)c1ccccc21. The van der Waals surface area contributed by atoms with E-state index in [1.54, 1.807) is 0 Å². The Morgan fingerprint density at radius 1 is 0.160 bits per heavy atom. The van der Waals surface area contributed by atoms with Gasteiger partial charge in [0, 0.05) is 113 Å². The summed E-state index contributed by atoms with van der Waals surface area (Å²) in [5.74, 6) is 4.78. The molecule has 0 saturated heterocycles. The van der Waals surface area contributed by atoms with Gasteiger partial charge in [-0.3, -0.25) is 0 Å². The molecular formula is C64H36N16Sc. The molecule has 4 aliphatic heterocycles. The first kappa shape index (κ1) is 46.4. The minimum Gasteiger partial charge on any atom is -0.324 e. The molecule has 4 aliphatic rings. The molecular weight excluding hydrogens is 1040 g/mol. The van der Waals surface area contributed by atoms with Gasteiger partial charge in [-0.15, -0.1) is 0 Å². The summed E-state index contributed by atoms with van der Waals surface area (Å²) >= 11 is 0. The zero-order valence-corrected chi connectivity index (χ0v) is 44.2. The second-order valence-electron chi connectivity index (χ2n) is 19.6. The van der Waals surface area contributed by atoms with E-state index >= 15 is 0 Å². The number of nitrogens with one attached hydrogen (secondary N) is 4. The summed E-state index contributed by atoms with van der Waals surface area (Å²) in [5, 5.41) is 7.64. The maximum absolute atomic E-state index is 5.02. The van der Waals surface area contributed by atoms with E-state index in [0.717, 1.165) is 87.6 Å². The van der Waals surface area contributed by atoms with Crippen LogP contribution in [0.5, 0.6) is 0 Å². The molecule has 8 aromatic carbocycles. The van der Waals surface area contributed by atoms with Crippen LogP contribution in [0.1, 0.15) is 0 Å². The first-order chi connectivity index (χ1) is 39.6. The van der Waals surface area contributed by atoms with Gasteiger partial charge < -0.3 is 19.9 Å². The number of aromatic amines is 4. The van der Waals surface area contributed by atoms with Crippen LogP contribution in [-0.4, -0.2) is 79.7 Å². The van der Waals surface area contributed by atoms with E-state index in [0.29, 0.717) is 91.8 Å². The van der Waals surface area contributed by atoms with Gasteiger partial charge in [0.1, 0.15) is 45.2 Å². The second-order valence-corrected chi connectivity index (χ2v) is 19.6. The summed E-state index contributed by atoms with van der Waals surface area (Å²) < 4.78 is 0. The van der Waals surface area contributed by atoms with Crippen molar-refractivity contribution in [2.45, 2.75) is 0 Å². The van der Waals surface area contributed by atoms with E-state index in [2.05, 4.69) is 19.9 Å². The fourth-order valence-corrected chi connectivity index (χ4v) is 11.2. The molecule has 17 heteroatoms. The molecule has 18 rings (SSSR count). The Hall–Kier alpha value is -10.6. The van der Waals surface area contributed by atoms with Gasteiger partial charge in [-0.05, 0) is 0 Å². The summed E-state index contributed by atoms with van der Waals surface area (Å²) in [6.45, 7) is 0. The van der Waals surface area contributed by atoms with E-state index in [9.17, 15) is 0 Å². The molecule has 16 bridgehead atoms. The van der Waals surface area contributed by atoms with Crippen molar-refractivity contribution in [3.63, 3.8) is 0 Å². The molecule has 0 aliphatic carbocycles. The van der Waals surface area contributed by atoms with Crippen molar-refractivity contribution >= 4 is 88.3 Å².